The fraction of sp³-hybridized carbons (Fsp3) is 0. The fourth-order valence-corrected chi connectivity index (χ4v) is 7.65. The molecule has 0 aliphatic carbocycles. The second-order valence-electron chi connectivity index (χ2n) is 15.6. The molecule has 0 amide bonds. The fourth-order valence-electron chi connectivity index (χ4n) is 7.65. The summed E-state index contributed by atoms with van der Waals surface area (Å²) in [4.78, 5) is 76.4. The number of aromatic carboxylic acids is 4. The van der Waals surface area contributed by atoms with Gasteiger partial charge in [-0.05, 0) is 105 Å². The highest BCUT2D eigenvalue weighted by atomic mass is 16.5. The van der Waals surface area contributed by atoms with Gasteiger partial charge >= 0.3 is 23.9 Å². The van der Waals surface area contributed by atoms with Crippen LogP contribution in [0.5, 0.6) is 23.0 Å². The van der Waals surface area contributed by atoms with Crippen molar-refractivity contribution in [2.75, 3.05) is 0 Å². The summed E-state index contributed by atoms with van der Waals surface area (Å²) in [5, 5.41) is 41.7. The van der Waals surface area contributed by atoms with Gasteiger partial charge in [0.05, 0.1) is 11.1 Å². The molecule has 12 nitrogen and oxygen atoms in total. The molecule has 4 N–H and O–H groups in total. The summed E-state index contributed by atoms with van der Waals surface area (Å²) in [6.45, 7) is 0. The van der Waals surface area contributed by atoms with E-state index < -0.39 is 57.3 Å². The standard InChI is InChI=1S/C58H38O12/c59-47(41-7-3-1-4-8-41)31-15-35-11-17-37(18-12-35)39-21-25-43(26-22-39)69-49-33-29-45(51(55(61)62)53(49)57(65)66)46-30-34-50(54(58(67)68)52(46)56(63)64)70-44-27-23-40(24-28-44)38-19-13-36(14-20-38)16-32-48(60)42-9-5-2-6-10-42/h1-34H,(H,61,62)(H,63,64)(H,65,66)(H,67,68). The van der Waals surface area contributed by atoms with E-state index in [1.807, 2.05) is 60.7 Å². The van der Waals surface area contributed by atoms with Crippen LogP contribution in [0.15, 0.2) is 194 Å². The Balaban J connectivity index is 1.02. The van der Waals surface area contributed by atoms with Crippen molar-refractivity contribution in [3.8, 4) is 56.4 Å². The first-order chi connectivity index (χ1) is 33.8. The van der Waals surface area contributed by atoms with E-state index in [1.54, 1.807) is 109 Å². The number of rotatable bonds is 17. The second-order valence-corrected chi connectivity index (χ2v) is 15.6. The summed E-state index contributed by atoms with van der Waals surface area (Å²) >= 11 is 0. The monoisotopic (exact) mass is 926 g/mol. The molecule has 0 aliphatic heterocycles. The number of hydrogen-bond donors (Lipinski definition) is 4. The van der Waals surface area contributed by atoms with Gasteiger partial charge in [-0.15, -0.1) is 0 Å². The minimum Gasteiger partial charge on any atom is -0.478 e. The van der Waals surface area contributed by atoms with Gasteiger partial charge in [-0.3, -0.25) is 9.59 Å². The van der Waals surface area contributed by atoms with Gasteiger partial charge in [0, 0.05) is 11.1 Å². The van der Waals surface area contributed by atoms with Gasteiger partial charge in [0.25, 0.3) is 0 Å². The van der Waals surface area contributed by atoms with Crippen LogP contribution in [-0.2, 0) is 0 Å². The summed E-state index contributed by atoms with van der Waals surface area (Å²) in [5.74, 6) is -7.57. The molecule has 0 spiro atoms. The number of carbonyl (C=O) groups excluding carboxylic acids is 2. The summed E-state index contributed by atoms with van der Waals surface area (Å²) in [6, 6.07) is 50.4. The van der Waals surface area contributed by atoms with E-state index in [9.17, 15) is 49.2 Å². The van der Waals surface area contributed by atoms with Gasteiger partial charge in [-0.2, -0.15) is 0 Å². The van der Waals surface area contributed by atoms with E-state index in [-0.39, 0.29) is 34.6 Å². The number of carboxylic acids is 4. The number of allylic oxidation sites excluding steroid dienone is 2. The highest BCUT2D eigenvalue weighted by Gasteiger charge is 2.32. The van der Waals surface area contributed by atoms with E-state index in [0.29, 0.717) is 11.1 Å². The van der Waals surface area contributed by atoms with E-state index in [2.05, 4.69) is 0 Å². The van der Waals surface area contributed by atoms with Crippen LogP contribution in [0, 0.1) is 0 Å². The van der Waals surface area contributed by atoms with Crippen molar-refractivity contribution in [3.05, 3.63) is 239 Å². The maximum atomic E-state index is 12.9. The second kappa shape index (κ2) is 20.7. The lowest BCUT2D eigenvalue weighted by Gasteiger charge is -2.18. The summed E-state index contributed by atoms with van der Waals surface area (Å²) in [7, 11) is 0. The van der Waals surface area contributed by atoms with Crippen LogP contribution in [0.25, 0.3) is 45.5 Å². The van der Waals surface area contributed by atoms with Crippen LogP contribution in [0.3, 0.4) is 0 Å². The molecular weight excluding hydrogens is 889 g/mol. The Kier molecular flexibility index (Phi) is 13.8. The predicted molar refractivity (Wildman–Crippen MR) is 263 cm³/mol. The smallest absolute Gasteiger partial charge is 0.340 e. The van der Waals surface area contributed by atoms with E-state index >= 15 is 0 Å². The molecule has 0 unspecified atom stereocenters. The first kappa shape index (κ1) is 46.6. The van der Waals surface area contributed by atoms with Gasteiger partial charge in [0.2, 0.25) is 0 Å². The third-order valence-electron chi connectivity index (χ3n) is 11.1. The molecule has 0 radical (unpaired) electrons. The molecule has 0 saturated carbocycles. The van der Waals surface area contributed by atoms with Crippen LogP contribution < -0.4 is 9.47 Å². The molecule has 0 atom stereocenters. The van der Waals surface area contributed by atoms with Gasteiger partial charge in [-0.1, -0.05) is 146 Å². The van der Waals surface area contributed by atoms with Crippen molar-refractivity contribution < 1.29 is 58.7 Å². The summed E-state index contributed by atoms with van der Waals surface area (Å²) in [5.41, 5.74) is 1.88. The number of hydrogen-bond acceptors (Lipinski definition) is 8. The molecule has 8 rings (SSSR count). The third-order valence-corrected chi connectivity index (χ3v) is 11.1. The van der Waals surface area contributed by atoms with Crippen LogP contribution >= 0.6 is 0 Å². The van der Waals surface area contributed by atoms with Crippen molar-refractivity contribution in [1.82, 2.24) is 0 Å². The number of carboxylic acid groups (broad SMARTS) is 4. The Morgan fingerprint density at radius 1 is 0.329 bits per heavy atom. The zero-order chi connectivity index (χ0) is 49.3. The lowest BCUT2D eigenvalue weighted by Crippen LogP contribution is -2.15. The van der Waals surface area contributed by atoms with Gasteiger partial charge < -0.3 is 29.9 Å². The van der Waals surface area contributed by atoms with Crippen molar-refractivity contribution >= 4 is 47.6 Å². The molecule has 0 heterocycles. The van der Waals surface area contributed by atoms with Crippen molar-refractivity contribution in [3.63, 3.8) is 0 Å². The number of benzene rings is 8. The van der Waals surface area contributed by atoms with Crippen molar-refractivity contribution in [2.24, 2.45) is 0 Å². The summed E-state index contributed by atoms with van der Waals surface area (Å²) in [6.07, 6.45) is 6.43. The van der Waals surface area contributed by atoms with Crippen molar-refractivity contribution in [2.45, 2.75) is 0 Å². The van der Waals surface area contributed by atoms with Gasteiger partial charge in [-0.25, -0.2) is 19.2 Å². The molecule has 0 bridgehead atoms. The van der Waals surface area contributed by atoms with E-state index in [4.69, 9.17) is 9.47 Å². The van der Waals surface area contributed by atoms with Crippen LogP contribution in [0.1, 0.15) is 73.3 Å². The molecular formula is C58H38O12. The third kappa shape index (κ3) is 10.5. The Hall–Kier alpha value is -9.94. The Morgan fingerprint density at radius 2 is 0.629 bits per heavy atom. The first-order valence-corrected chi connectivity index (χ1v) is 21.4. The Morgan fingerprint density at radius 3 is 0.929 bits per heavy atom. The van der Waals surface area contributed by atoms with Crippen LogP contribution in [0.2, 0.25) is 0 Å². The largest absolute Gasteiger partial charge is 0.478 e. The minimum absolute atomic E-state index is 0.127. The normalized spacial score (nSPS) is 11.0. The SMILES string of the molecule is O=C(C=Cc1ccc(-c2ccc(Oc3ccc(-c4ccc(Oc5ccc(-c6ccc(C=CC(=O)c7ccccc7)cc6)cc5)c(C(=O)O)c4C(=O)O)c(C(=O)O)c3C(=O)O)cc2)cc1)c1ccccc1. The molecule has 342 valence electrons. The highest BCUT2D eigenvalue weighted by Crippen LogP contribution is 2.41. The lowest BCUT2D eigenvalue weighted by molar-refractivity contribution is 0.0647. The maximum absolute atomic E-state index is 12.9. The average molecular weight is 927 g/mol. The first-order valence-electron chi connectivity index (χ1n) is 21.4. The topological polar surface area (TPSA) is 202 Å². The van der Waals surface area contributed by atoms with E-state index in [0.717, 1.165) is 45.5 Å². The Labute approximate surface area is 399 Å². The number of ether oxygens (including phenoxy) is 2. The molecule has 0 aliphatic rings. The zero-order valence-electron chi connectivity index (χ0n) is 36.7. The minimum atomic E-state index is -1.74. The van der Waals surface area contributed by atoms with Crippen LogP contribution in [-0.4, -0.2) is 55.9 Å². The molecule has 8 aromatic rings. The van der Waals surface area contributed by atoms with E-state index in [1.165, 1.54) is 24.3 Å². The molecule has 0 fully saturated rings. The van der Waals surface area contributed by atoms with Gasteiger partial charge in [0.1, 0.15) is 34.1 Å². The predicted octanol–water partition coefficient (Wildman–Crippen LogP) is 12.9. The molecule has 0 aromatic heterocycles. The molecule has 70 heavy (non-hydrogen) atoms. The molecule has 12 heteroatoms. The highest BCUT2D eigenvalue weighted by molar-refractivity contribution is 6.13. The maximum Gasteiger partial charge on any atom is 0.340 e. The number of carbonyl (C=O) groups is 6. The lowest BCUT2D eigenvalue weighted by atomic mass is 9.89. The van der Waals surface area contributed by atoms with Crippen molar-refractivity contribution in [1.29, 1.82) is 0 Å². The number of ketones is 2. The Bertz CT molecular complexity index is 3130. The average Bonchev–Trinajstić information content (AvgIpc) is 3.38. The molecule has 0 saturated heterocycles. The van der Waals surface area contributed by atoms with Gasteiger partial charge in [0.15, 0.2) is 11.6 Å². The molecule has 8 aromatic carbocycles. The zero-order valence-corrected chi connectivity index (χ0v) is 36.7. The summed E-state index contributed by atoms with van der Waals surface area (Å²) < 4.78 is 11.8. The van der Waals surface area contributed by atoms with Crippen LogP contribution in [0.4, 0.5) is 0 Å². The quantitative estimate of drug-likeness (QED) is 0.0498.